The zero-order valence-electron chi connectivity index (χ0n) is 18.2. The van der Waals surface area contributed by atoms with Crippen LogP contribution < -0.4 is 14.8 Å². The number of anilines is 1. The molecule has 2 aromatic carbocycles. The van der Waals surface area contributed by atoms with Crippen molar-refractivity contribution in [3.05, 3.63) is 83.7 Å². The monoisotopic (exact) mass is 461 g/mol. The van der Waals surface area contributed by atoms with E-state index in [0.717, 1.165) is 5.69 Å². The molecule has 3 heterocycles. The SMILES string of the molecule is O=C(Nc1ccc([C@@H](O)[C@H]2COCC(=O)N2Cc2ccccn2)cc1)c1ccc2c(c1)OCO2. The number of nitrogens with one attached hydrogen (secondary N) is 1. The molecule has 0 saturated carbocycles. The van der Waals surface area contributed by atoms with Crippen molar-refractivity contribution in [3.8, 4) is 11.5 Å². The molecule has 3 aromatic rings. The lowest BCUT2D eigenvalue weighted by Crippen LogP contribution is -2.51. The highest BCUT2D eigenvalue weighted by Gasteiger charge is 2.35. The first-order valence-electron chi connectivity index (χ1n) is 10.8. The number of amides is 2. The minimum Gasteiger partial charge on any atom is -0.454 e. The van der Waals surface area contributed by atoms with Crippen LogP contribution in [-0.4, -0.2) is 52.9 Å². The number of fused-ring (bicyclic) bond motifs is 1. The summed E-state index contributed by atoms with van der Waals surface area (Å²) in [6.45, 7) is 0.610. The quantitative estimate of drug-likeness (QED) is 0.580. The zero-order valence-corrected chi connectivity index (χ0v) is 18.2. The van der Waals surface area contributed by atoms with E-state index in [1.165, 1.54) is 0 Å². The third-order valence-electron chi connectivity index (χ3n) is 5.80. The molecule has 2 N–H and O–H groups in total. The number of aromatic nitrogens is 1. The second-order valence-electron chi connectivity index (χ2n) is 8.01. The van der Waals surface area contributed by atoms with Crippen LogP contribution in [0.2, 0.25) is 0 Å². The number of nitrogens with zero attached hydrogens (tertiary/aromatic N) is 2. The minimum absolute atomic E-state index is 0.0269. The summed E-state index contributed by atoms with van der Waals surface area (Å²) in [4.78, 5) is 31.0. The largest absolute Gasteiger partial charge is 0.454 e. The molecule has 5 rings (SSSR count). The van der Waals surface area contributed by atoms with Crippen LogP contribution in [0.1, 0.15) is 27.7 Å². The van der Waals surface area contributed by atoms with E-state index in [9.17, 15) is 14.7 Å². The summed E-state index contributed by atoms with van der Waals surface area (Å²) in [5.74, 6) is 0.649. The Morgan fingerprint density at radius 3 is 2.74 bits per heavy atom. The van der Waals surface area contributed by atoms with Gasteiger partial charge >= 0.3 is 0 Å². The van der Waals surface area contributed by atoms with Gasteiger partial charge in [0.2, 0.25) is 12.7 Å². The fourth-order valence-electron chi connectivity index (χ4n) is 3.98. The summed E-state index contributed by atoms with van der Waals surface area (Å²) < 4.78 is 16.0. The van der Waals surface area contributed by atoms with E-state index < -0.39 is 12.1 Å². The number of rotatable bonds is 6. The first kappa shape index (κ1) is 21.9. The lowest BCUT2D eigenvalue weighted by Gasteiger charge is -2.38. The zero-order chi connectivity index (χ0) is 23.5. The van der Waals surface area contributed by atoms with Gasteiger partial charge in [0.25, 0.3) is 5.91 Å². The number of morpholine rings is 1. The molecule has 2 aliphatic rings. The van der Waals surface area contributed by atoms with E-state index in [1.807, 2.05) is 18.2 Å². The highest BCUT2D eigenvalue weighted by atomic mass is 16.7. The van der Waals surface area contributed by atoms with Crippen LogP contribution in [0.25, 0.3) is 0 Å². The Labute approximate surface area is 195 Å². The third-order valence-corrected chi connectivity index (χ3v) is 5.80. The van der Waals surface area contributed by atoms with Crippen molar-refractivity contribution in [2.75, 3.05) is 25.3 Å². The Morgan fingerprint density at radius 2 is 1.94 bits per heavy atom. The summed E-state index contributed by atoms with van der Waals surface area (Å²) in [6, 6.07) is 16.8. The Bertz CT molecular complexity index is 1190. The van der Waals surface area contributed by atoms with Crippen molar-refractivity contribution >= 4 is 17.5 Å². The van der Waals surface area contributed by atoms with Crippen molar-refractivity contribution in [1.82, 2.24) is 9.88 Å². The molecule has 1 saturated heterocycles. The number of benzene rings is 2. The summed E-state index contributed by atoms with van der Waals surface area (Å²) in [5, 5.41) is 13.9. The molecule has 0 bridgehead atoms. The molecule has 1 aromatic heterocycles. The number of hydrogen-bond donors (Lipinski definition) is 2. The predicted molar refractivity (Wildman–Crippen MR) is 121 cm³/mol. The molecular weight excluding hydrogens is 438 g/mol. The highest BCUT2D eigenvalue weighted by Crippen LogP contribution is 2.33. The van der Waals surface area contributed by atoms with Gasteiger partial charge in [-0.25, -0.2) is 0 Å². The van der Waals surface area contributed by atoms with Gasteiger partial charge in [-0.15, -0.1) is 0 Å². The fraction of sp³-hybridized carbons (Fsp3) is 0.240. The molecule has 174 valence electrons. The smallest absolute Gasteiger partial charge is 0.255 e. The minimum atomic E-state index is -0.966. The van der Waals surface area contributed by atoms with E-state index in [0.29, 0.717) is 28.3 Å². The number of carbonyl (C=O) groups excluding carboxylic acids is 2. The molecule has 9 nitrogen and oxygen atoms in total. The van der Waals surface area contributed by atoms with Crippen LogP contribution in [-0.2, 0) is 16.1 Å². The number of aliphatic hydroxyl groups is 1. The topological polar surface area (TPSA) is 110 Å². The van der Waals surface area contributed by atoms with Crippen LogP contribution in [0.5, 0.6) is 11.5 Å². The second-order valence-corrected chi connectivity index (χ2v) is 8.01. The molecule has 1 fully saturated rings. The van der Waals surface area contributed by atoms with Crippen LogP contribution in [0.15, 0.2) is 66.9 Å². The predicted octanol–water partition coefficient (Wildman–Crippen LogP) is 2.52. The van der Waals surface area contributed by atoms with Gasteiger partial charge in [0.05, 0.1) is 24.9 Å². The van der Waals surface area contributed by atoms with E-state index in [2.05, 4.69) is 10.3 Å². The summed E-state index contributed by atoms with van der Waals surface area (Å²) in [7, 11) is 0. The van der Waals surface area contributed by atoms with Gasteiger partial charge in [0.1, 0.15) is 12.7 Å². The van der Waals surface area contributed by atoms with Crippen molar-refractivity contribution in [1.29, 1.82) is 0 Å². The first-order chi connectivity index (χ1) is 16.6. The van der Waals surface area contributed by atoms with Crippen LogP contribution in [0.3, 0.4) is 0 Å². The lowest BCUT2D eigenvalue weighted by molar-refractivity contribution is -0.155. The Morgan fingerprint density at radius 1 is 1.12 bits per heavy atom. The Hall–Kier alpha value is -3.95. The average Bonchev–Trinajstić information content (AvgIpc) is 3.34. The van der Waals surface area contributed by atoms with Crippen molar-refractivity contribution in [2.45, 2.75) is 18.7 Å². The third kappa shape index (κ3) is 4.57. The number of hydrogen-bond acceptors (Lipinski definition) is 7. The standard InChI is InChI=1S/C25H23N3O6/c29-23-14-32-13-20(28(23)12-19-3-1-2-10-26-19)24(30)16-4-7-18(8-5-16)27-25(31)17-6-9-21-22(11-17)34-15-33-21/h1-11,20,24,30H,12-15H2,(H,27,31)/t20-,24-/m1/s1. The van der Waals surface area contributed by atoms with Crippen molar-refractivity contribution < 1.29 is 28.9 Å². The number of aliphatic hydroxyl groups excluding tert-OH is 1. The maximum Gasteiger partial charge on any atom is 0.255 e. The molecular formula is C25H23N3O6. The molecule has 0 radical (unpaired) electrons. The molecule has 2 amide bonds. The lowest BCUT2D eigenvalue weighted by atomic mass is 9.99. The van der Waals surface area contributed by atoms with Crippen LogP contribution in [0.4, 0.5) is 5.69 Å². The molecule has 0 unspecified atom stereocenters. The van der Waals surface area contributed by atoms with Gasteiger partial charge in [-0.1, -0.05) is 18.2 Å². The molecule has 0 aliphatic carbocycles. The second kappa shape index (κ2) is 9.50. The average molecular weight is 461 g/mol. The normalized spacial score (nSPS) is 18.0. The van der Waals surface area contributed by atoms with E-state index in [-0.39, 0.29) is 38.4 Å². The molecule has 0 spiro atoms. The van der Waals surface area contributed by atoms with Crippen molar-refractivity contribution in [2.24, 2.45) is 0 Å². The molecule has 2 aliphatic heterocycles. The van der Waals surface area contributed by atoms with Crippen molar-refractivity contribution in [3.63, 3.8) is 0 Å². The van der Waals surface area contributed by atoms with E-state index in [4.69, 9.17) is 14.2 Å². The Kier molecular flexibility index (Phi) is 6.11. The van der Waals surface area contributed by atoms with Gasteiger partial charge in [-0.05, 0) is 48.0 Å². The van der Waals surface area contributed by atoms with Crippen LogP contribution in [0, 0.1) is 0 Å². The van der Waals surface area contributed by atoms with E-state index >= 15 is 0 Å². The van der Waals surface area contributed by atoms with Crippen LogP contribution >= 0.6 is 0 Å². The molecule has 34 heavy (non-hydrogen) atoms. The Balaban J connectivity index is 1.27. The summed E-state index contributed by atoms with van der Waals surface area (Å²) >= 11 is 0. The number of carbonyl (C=O) groups is 2. The first-order valence-corrected chi connectivity index (χ1v) is 10.8. The van der Waals surface area contributed by atoms with Gasteiger partial charge < -0.3 is 29.5 Å². The van der Waals surface area contributed by atoms with E-state index in [1.54, 1.807) is 53.6 Å². The molecule has 9 heteroatoms. The fourth-order valence-corrected chi connectivity index (χ4v) is 3.98. The summed E-state index contributed by atoms with van der Waals surface area (Å²) in [6.07, 6.45) is 0.703. The van der Waals surface area contributed by atoms with Gasteiger partial charge in [0, 0.05) is 17.4 Å². The summed E-state index contributed by atoms with van der Waals surface area (Å²) in [5.41, 5.74) is 2.35. The maximum atomic E-state index is 12.6. The molecule has 2 atom stereocenters. The highest BCUT2D eigenvalue weighted by molar-refractivity contribution is 6.04. The number of ether oxygens (including phenoxy) is 3. The maximum absolute atomic E-state index is 12.6. The van der Waals surface area contributed by atoms with Gasteiger partial charge in [-0.3, -0.25) is 14.6 Å². The number of pyridine rings is 1. The van der Waals surface area contributed by atoms with Gasteiger partial charge in [-0.2, -0.15) is 0 Å². The van der Waals surface area contributed by atoms with Gasteiger partial charge in [0.15, 0.2) is 11.5 Å².